The second-order valence-corrected chi connectivity index (χ2v) is 6.39. The monoisotopic (exact) mass is 289 g/mol. The fraction of sp³-hybridized carbons (Fsp3) is 0.357. The zero-order valence-electron chi connectivity index (χ0n) is 11.2. The number of hydrogen-bond donors (Lipinski definition) is 0. The molecule has 1 aliphatic heterocycles. The Morgan fingerprint density at radius 2 is 2.35 bits per heavy atom. The number of pyridine rings is 1. The summed E-state index contributed by atoms with van der Waals surface area (Å²) in [7, 11) is 0. The average molecular weight is 289 g/mol. The molecular formula is C14H15N3O2S. The average Bonchev–Trinajstić information content (AvgIpc) is 2.92. The van der Waals surface area contributed by atoms with Crippen LogP contribution in [0.4, 0.5) is 0 Å². The van der Waals surface area contributed by atoms with Crippen LogP contribution in [0.1, 0.15) is 19.0 Å². The molecule has 2 aromatic rings. The molecule has 0 bridgehead atoms. The Balaban J connectivity index is 1.71. The van der Waals surface area contributed by atoms with Crippen molar-refractivity contribution in [1.82, 2.24) is 14.3 Å². The smallest absolute Gasteiger partial charge is 0.224 e. The van der Waals surface area contributed by atoms with E-state index in [9.17, 15) is 9.59 Å². The van der Waals surface area contributed by atoms with E-state index in [4.69, 9.17) is 0 Å². The van der Waals surface area contributed by atoms with E-state index in [0.717, 1.165) is 11.3 Å². The molecule has 3 rings (SSSR count). The summed E-state index contributed by atoms with van der Waals surface area (Å²) < 4.78 is 1.94. The van der Waals surface area contributed by atoms with Gasteiger partial charge in [0.25, 0.3) is 0 Å². The van der Waals surface area contributed by atoms with Gasteiger partial charge in [-0.15, -0.1) is 0 Å². The van der Waals surface area contributed by atoms with Gasteiger partial charge in [-0.3, -0.25) is 9.59 Å². The molecular weight excluding hydrogens is 274 g/mol. The molecule has 1 saturated heterocycles. The number of aromatic nitrogens is 2. The van der Waals surface area contributed by atoms with Crippen molar-refractivity contribution in [3.63, 3.8) is 0 Å². The summed E-state index contributed by atoms with van der Waals surface area (Å²) in [4.78, 5) is 29.3. The number of imidazole rings is 1. The summed E-state index contributed by atoms with van der Waals surface area (Å²) in [5.41, 5.74) is 1.75. The van der Waals surface area contributed by atoms with Gasteiger partial charge >= 0.3 is 0 Å². The molecule has 6 heteroatoms. The first kappa shape index (κ1) is 13.2. The maximum absolute atomic E-state index is 12.0. The lowest BCUT2D eigenvalue weighted by Gasteiger charge is -2.14. The second kappa shape index (κ2) is 5.28. The van der Waals surface area contributed by atoms with Gasteiger partial charge in [-0.1, -0.05) is 17.8 Å². The van der Waals surface area contributed by atoms with Gasteiger partial charge in [0.2, 0.25) is 5.91 Å². The van der Waals surface area contributed by atoms with E-state index in [1.165, 1.54) is 11.8 Å². The van der Waals surface area contributed by atoms with Gasteiger partial charge in [-0.05, 0) is 12.1 Å². The summed E-state index contributed by atoms with van der Waals surface area (Å²) in [5.74, 6) is 0.0980. The number of fused-ring (bicyclic) bond motifs is 1. The SMILES string of the molecule is CC(=O)SC1CC(=O)N(Cc2cn3ccccc3n2)C1. The third-order valence-corrected chi connectivity index (χ3v) is 4.26. The van der Waals surface area contributed by atoms with Crippen LogP contribution in [0.5, 0.6) is 0 Å². The van der Waals surface area contributed by atoms with Crippen molar-refractivity contribution in [1.29, 1.82) is 0 Å². The third kappa shape index (κ3) is 2.70. The van der Waals surface area contributed by atoms with Gasteiger partial charge < -0.3 is 9.30 Å². The molecule has 0 N–H and O–H groups in total. The normalized spacial score (nSPS) is 18.9. The molecule has 2 aromatic heterocycles. The molecule has 1 amide bonds. The summed E-state index contributed by atoms with van der Waals surface area (Å²) in [6.07, 6.45) is 4.32. The van der Waals surface area contributed by atoms with Gasteiger partial charge in [0, 0.05) is 37.5 Å². The Morgan fingerprint density at radius 3 is 3.10 bits per heavy atom. The molecule has 20 heavy (non-hydrogen) atoms. The van der Waals surface area contributed by atoms with E-state index >= 15 is 0 Å². The van der Waals surface area contributed by atoms with E-state index < -0.39 is 0 Å². The van der Waals surface area contributed by atoms with Gasteiger partial charge in [0.15, 0.2) is 5.12 Å². The quantitative estimate of drug-likeness (QED) is 0.863. The lowest BCUT2D eigenvalue weighted by atomic mass is 10.4. The van der Waals surface area contributed by atoms with Gasteiger partial charge in [0.05, 0.1) is 12.2 Å². The zero-order valence-corrected chi connectivity index (χ0v) is 12.0. The van der Waals surface area contributed by atoms with Gasteiger partial charge in [-0.2, -0.15) is 0 Å². The summed E-state index contributed by atoms with van der Waals surface area (Å²) in [6, 6.07) is 5.81. The van der Waals surface area contributed by atoms with Crippen LogP contribution in [-0.4, -0.2) is 37.1 Å². The van der Waals surface area contributed by atoms with Gasteiger partial charge in [0.1, 0.15) is 5.65 Å². The Morgan fingerprint density at radius 1 is 1.50 bits per heavy atom. The molecule has 1 atom stereocenters. The minimum Gasteiger partial charge on any atom is -0.336 e. The Bertz CT molecular complexity index is 634. The highest BCUT2D eigenvalue weighted by molar-refractivity contribution is 8.14. The molecule has 104 valence electrons. The molecule has 1 unspecified atom stereocenters. The largest absolute Gasteiger partial charge is 0.336 e. The minimum absolute atomic E-state index is 0.0670. The summed E-state index contributed by atoms with van der Waals surface area (Å²) in [6.45, 7) is 2.67. The first-order valence-corrected chi connectivity index (χ1v) is 7.37. The molecule has 0 aliphatic carbocycles. The minimum atomic E-state index is 0.0670. The number of amides is 1. The van der Waals surface area contributed by atoms with E-state index in [1.807, 2.05) is 35.0 Å². The van der Waals surface area contributed by atoms with Crippen molar-refractivity contribution >= 4 is 28.4 Å². The molecule has 3 heterocycles. The number of carbonyl (C=O) groups excluding carboxylic acids is 2. The van der Waals surface area contributed by atoms with Crippen LogP contribution in [0.3, 0.4) is 0 Å². The Kier molecular flexibility index (Phi) is 3.48. The Labute approximate surface area is 121 Å². The maximum Gasteiger partial charge on any atom is 0.224 e. The van der Waals surface area contributed by atoms with E-state index in [1.54, 1.807) is 11.8 Å². The van der Waals surface area contributed by atoms with Crippen LogP contribution in [0.2, 0.25) is 0 Å². The van der Waals surface area contributed by atoms with Crippen molar-refractivity contribution in [2.75, 3.05) is 6.54 Å². The standard InChI is InChI=1S/C14H15N3O2S/c1-10(18)20-12-6-14(19)17(9-12)8-11-7-16-5-3-2-4-13(16)15-11/h2-5,7,12H,6,8-9H2,1H3. The number of thioether (sulfide) groups is 1. The van der Waals surface area contributed by atoms with Crippen molar-refractivity contribution < 1.29 is 9.59 Å². The Hall–Kier alpha value is -1.82. The first-order chi connectivity index (χ1) is 9.61. The molecule has 0 saturated carbocycles. The number of rotatable bonds is 3. The van der Waals surface area contributed by atoms with Gasteiger partial charge in [-0.25, -0.2) is 4.98 Å². The highest BCUT2D eigenvalue weighted by Crippen LogP contribution is 2.25. The second-order valence-electron chi connectivity index (χ2n) is 4.91. The summed E-state index contributed by atoms with van der Waals surface area (Å²) in [5, 5.41) is 0.148. The predicted molar refractivity (Wildman–Crippen MR) is 77.3 cm³/mol. The highest BCUT2D eigenvalue weighted by Gasteiger charge is 2.31. The van der Waals surface area contributed by atoms with Crippen molar-refractivity contribution in [2.45, 2.75) is 25.1 Å². The highest BCUT2D eigenvalue weighted by atomic mass is 32.2. The van der Waals surface area contributed by atoms with E-state index in [-0.39, 0.29) is 16.3 Å². The molecule has 1 aliphatic rings. The topological polar surface area (TPSA) is 54.7 Å². The fourth-order valence-corrected chi connectivity index (χ4v) is 3.41. The van der Waals surface area contributed by atoms with Crippen molar-refractivity contribution in [3.8, 4) is 0 Å². The van der Waals surface area contributed by atoms with Crippen LogP contribution in [0.15, 0.2) is 30.6 Å². The van der Waals surface area contributed by atoms with Crippen LogP contribution in [-0.2, 0) is 16.1 Å². The van der Waals surface area contributed by atoms with Crippen LogP contribution >= 0.6 is 11.8 Å². The molecule has 0 radical (unpaired) electrons. The zero-order chi connectivity index (χ0) is 14.1. The van der Waals surface area contributed by atoms with Crippen LogP contribution in [0, 0.1) is 0 Å². The first-order valence-electron chi connectivity index (χ1n) is 6.49. The number of nitrogens with zero attached hydrogens (tertiary/aromatic N) is 3. The lowest BCUT2D eigenvalue weighted by molar-refractivity contribution is -0.128. The summed E-state index contributed by atoms with van der Waals surface area (Å²) >= 11 is 1.26. The number of carbonyl (C=O) groups is 2. The van der Waals surface area contributed by atoms with E-state index in [2.05, 4.69) is 4.98 Å². The fourth-order valence-electron chi connectivity index (χ4n) is 2.46. The maximum atomic E-state index is 12.0. The van der Waals surface area contributed by atoms with Crippen LogP contribution < -0.4 is 0 Å². The lowest BCUT2D eigenvalue weighted by Crippen LogP contribution is -2.25. The predicted octanol–water partition coefficient (Wildman–Crippen LogP) is 1.71. The number of likely N-dealkylation sites (tertiary alicyclic amines) is 1. The molecule has 0 aromatic carbocycles. The number of hydrogen-bond acceptors (Lipinski definition) is 4. The van der Waals surface area contributed by atoms with E-state index in [0.29, 0.717) is 19.5 Å². The third-order valence-electron chi connectivity index (χ3n) is 3.28. The molecule has 5 nitrogen and oxygen atoms in total. The van der Waals surface area contributed by atoms with Crippen LogP contribution in [0.25, 0.3) is 5.65 Å². The molecule has 0 spiro atoms. The van der Waals surface area contributed by atoms with Crippen molar-refractivity contribution in [3.05, 3.63) is 36.3 Å². The molecule has 1 fully saturated rings. The van der Waals surface area contributed by atoms with Crippen molar-refractivity contribution in [2.24, 2.45) is 0 Å².